The van der Waals surface area contributed by atoms with Crippen molar-refractivity contribution in [1.82, 2.24) is 10.6 Å². The quantitative estimate of drug-likeness (QED) is 0.819. The molecule has 3 fully saturated rings. The SMILES string of the molecule is CCOC1CC(NC(=O)CC2CCCN2)C12CCCC2.Cl. The number of nitrogens with one attached hydrogen (secondary N) is 2. The summed E-state index contributed by atoms with van der Waals surface area (Å²) in [6.07, 6.45) is 9.42. The summed E-state index contributed by atoms with van der Waals surface area (Å²) in [6.45, 7) is 3.93. The smallest absolute Gasteiger partial charge is 0.221 e. The second-order valence-electron chi connectivity index (χ2n) is 6.74. The molecule has 0 aromatic carbocycles. The van der Waals surface area contributed by atoms with E-state index in [1.165, 1.54) is 32.1 Å². The van der Waals surface area contributed by atoms with E-state index in [9.17, 15) is 4.79 Å². The molecule has 2 saturated carbocycles. The molecular formula is C16H29ClN2O2. The molecule has 3 unspecified atom stereocenters. The van der Waals surface area contributed by atoms with Crippen molar-refractivity contribution in [3.05, 3.63) is 0 Å². The van der Waals surface area contributed by atoms with Crippen LogP contribution in [0.15, 0.2) is 0 Å². The van der Waals surface area contributed by atoms with Gasteiger partial charge in [0.2, 0.25) is 5.91 Å². The number of ether oxygens (including phenoxy) is 1. The van der Waals surface area contributed by atoms with E-state index in [0.29, 0.717) is 24.6 Å². The van der Waals surface area contributed by atoms with Crippen LogP contribution in [-0.4, -0.2) is 37.2 Å². The van der Waals surface area contributed by atoms with E-state index in [-0.39, 0.29) is 23.7 Å². The van der Waals surface area contributed by atoms with Gasteiger partial charge in [0.1, 0.15) is 0 Å². The van der Waals surface area contributed by atoms with Crippen LogP contribution in [0.2, 0.25) is 0 Å². The number of rotatable bonds is 5. The Balaban J connectivity index is 0.00000161. The Labute approximate surface area is 134 Å². The van der Waals surface area contributed by atoms with Gasteiger partial charge in [0.05, 0.1) is 6.10 Å². The molecule has 5 heteroatoms. The fourth-order valence-electron chi connectivity index (χ4n) is 4.50. The molecule has 3 aliphatic rings. The van der Waals surface area contributed by atoms with Crippen LogP contribution in [0.4, 0.5) is 0 Å². The summed E-state index contributed by atoms with van der Waals surface area (Å²) < 4.78 is 5.90. The number of hydrogen-bond donors (Lipinski definition) is 2. The van der Waals surface area contributed by atoms with Gasteiger partial charge in [-0.1, -0.05) is 12.8 Å². The van der Waals surface area contributed by atoms with E-state index in [2.05, 4.69) is 17.6 Å². The van der Waals surface area contributed by atoms with Gasteiger partial charge >= 0.3 is 0 Å². The van der Waals surface area contributed by atoms with E-state index < -0.39 is 0 Å². The van der Waals surface area contributed by atoms with Gasteiger partial charge in [-0.05, 0) is 45.6 Å². The zero-order valence-electron chi connectivity index (χ0n) is 13.0. The van der Waals surface area contributed by atoms with Crippen molar-refractivity contribution in [1.29, 1.82) is 0 Å². The third-order valence-electron chi connectivity index (χ3n) is 5.62. The predicted octanol–water partition coefficient (Wildman–Crippen LogP) is 2.40. The van der Waals surface area contributed by atoms with E-state index >= 15 is 0 Å². The third kappa shape index (κ3) is 3.38. The predicted molar refractivity (Wildman–Crippen MR) is 85.8 cm³/mol. The fourth-order valence-corrected chi connectivity index (χ4v) is 4.50. The van der Waals surface area contributed by atoms with Crippen molar-refractivity contribution in [2.24, 2.45) is 5.41 Å². The molecule has 122 valence electrons. The summed E-state index contributed by atoms with van der Waals surface area (Å²) in [5.74, 6) is 0.232. The highest BCUT2D eigenvalue weighted by Gasteiger charge is 2.57. The molecule has 0 radical (unpaired) electrons. The van der Waals surface area contributed by atoms with Crippen LogP contribution in [0.5, 0.6) is 0 Å². The minimum atomic E-state index is 0. The maximum atomic E-state index is 12.2. The van der Waals surface area contributed by atoms with Crippen LogP contribution in [0.25, 0.3) is 0 Å². The first-order valence-electron chi connectivity index (χ1n) is 8.39. The van der Waals surface area contributed by atoms with Crippen LogP contribution in [0.3, 0.4) is 0 Å². The minimum Gasteiger partial charge on any atom is -0.378 e. The van der Waals surface area contributed by atoms with Crippen molar-refractivity contribution < 1.29 is 9.53 Å². The van der Waals surface area contributed by atoms with Crippen molar-refractivity contribution in [3.63, 3.8) is 0 Å². The van der Waals surface area contributed by atoms with Crippen LogP contribution < -0.4 is 10.6 Å². The van der Waals surface area contributed by atoms with Crippen molar-refractivity contribution in [3.8, 4) is 0 Å². The third-order valence-corrected chi connectivity index (χ3v) is 5.62. The number of carbonyl (C=O) groups is 1. The average Bonchev–Trinajstić information content (AvgIpc) is 3.09. The molecule has 1 aliphatic heterocycles. The Kier molecular flexibility index (Phi) is 5.92. The minimum absolute atomic E-state index is 0. The van der Waals surface area contributed by atoms with Crippen molar-refractivity contribution in [2.75, 3.05) is 13.2 Å². The molecule has 1 saturated heterocycles. The number of carbonyl (C=O) groups excluding carboxylic acids is 1. The van der Waals surface area contributed by atoms with Crippen molar-refractivity contribution in [2.45, 2.75) is 76.5 Å². The molecule has 1 spiro atoms. The maximum Gasteiger partial charge on any atom is 0.221 e. The van der Waals surface area contributed by atoms with E-state index in [4.69, 9.17) is 4.74 Å². The first-order valence-corrected chi connectivity index (χ1v) is 8.39. The molecular weight excluding hydrogens is 288 g/mol. The highest BCUT2D eigenvalue weighted by molar-refractivity contribution is 5.85. The lowest BCUT2D eigenvalue weighted by Gasteiger charge is -2.54. The Morgan fingerprint density at radius 3 is 2.71 bits per heavy atom. The van der Waals surface area contributed by atoms with Gasteiger partial charge < -0.3 is 15.4 Å². The lowest BCUT2D eigenvalue weighted by molar-refractivity contribution is -0.144. The molecule has 2 aliphatic carbocycles. The fraction of sp³-hybridized carbons (Fsp3) is 0.938. The van der Waals surface area contributed by atoms with Crippen LogP contribution >= 0.6 is 12.4 Å². The Morgan fingerprint density at radius 2 is 2.10 bits per heavy atom. The van der Waals surface area contributed by atoms with Crippen LogP contribution in [-0.2, 0) is 9.53 Å². The topological polar surface area (TPSA) is 50.4 Å². The highest BCUT2D eigenvalue weighted by atomic mass is 35.5. The zero-order chi connectivity index (χ0) is 14.0. The monoisotopic (exact) mass is 316 g/mol. The molecule has 1 heterocycles. The molecule has 0 aromatic heterocycles. The Bertz CT molecular complexity index is 352. The van der Waals surface area contributed by atoms with Gasteiger partial charge in [-0.15, -0.1) is 12.4 Å². The molecule has 21 heavy (non-hydrogen) atoms. The molecule has 1 amide bonds. The summed E-state index contributed by atoms with van der Waals surface area (Å²) in [7, 11) is 0. The second-order valence-corrected chi connectivity index (χ2v) is 6.74. The van der Waals surface area contributed by atoms with Gasteiger partial charge in [-0.3, -0.25) is 4.79 Å². The molecule has 3 atom stereocenters. The first-order chi connectivity index (χ1) is 9.74. The summed E-state index contributed by atoms with van der Waals surface area (Å²) in [5.41, 5.74) is 0.259. The molecule has 0 aromatic rings. The first kappa shape index (κ1) is 17.0. The van der Waals surface area contributed by atoms with E-state index in [1.807, 2.05) is 0 Å². The largest absolute Gasteiger partial charge is 0.378 e. The molecule has 4 nitrogen and oxygen atoms in total. The molecule has 0 bridgehead atoms. The lowest BCUT2D eigenvalue weighted by Crippen LogP contribution is -2.63. The standard InChI is InChI=1S/C16H28N2O2.ClH/c1-2-20-14-11-13(16(14)7-3-4-8-16)18-15(19)10-12-6-5-9-17-12;/h12-14,17H,2-11H2,1H3,(H,18,19);1H. The van der Waals surface area contributed by atoms with Gasteiger partial charge in [0, 0.05) is 30.5 Å². The van der Waals surface area contributed by atoms with Crippen LogP contribution in [0, 0.1) is 5.41 Å². The lowest BCUT2D eigenvalue weighted by atomic mass is 9.60. The second kappa shape index (κ2) is 7.30. The zero-order valence-corrected chi connectivity index (χ0v) is 13.8. The normalized spacial score (nSPS) is 33.5. The summed E-state index contributed by atoms with van der Waals surface area (Å²) in [6, 6.07) is 0.757. The Morgan fingerprint density at radius 1 is 1.33 bits per heavy atom. The number of amides is 1. The molecule has 3 rings (SSSR count). The molecule has 2 N–H and O–H groups in total. The number of hydrogen-bond acceptors (Lipinski definition) is 3. The highest BCUT2D eigenvalue weighted by Crippen LogP contribution is 2.54. The average molecular weight is 317 g/mol. The van der Waals surface area contributed by atoms with Gasteiger partial charge in [-0.2, -0.15) is 0 Å². The van der Waals surface area contributed by atoms with E-state index in [0.717, 1.165) is 26.0 Å². The maximum absolute atomic E-state index is 12.2. The summed E-state index contributed by atoms with van der Waals surface area (Å²) >= 11 is 0. The van der Waals surface area contributed by atoms with Crippen LogP contribution in [0.1, 0.15) is 58.3 Å². The van der Waals surface area contributed by atoms with Gasteiger partial charge in [0.15, 0.2) is 0 Å². The van der Waals surface area contributed by atoms with E-state index in [1.54, 1.807) is 0 Å². The number of halogens is 1. The van der Waals surface area contributed by atoms with Crippen molar-refractivity contribution >= 4 is 18.3 Å². The summed E-state index contributed by atoms with van der Waals surface area (Å²) in [5, 5.41) is 6.71. The van der Waals surface area contributed by atoms with Gasteiger partial charge in [-0.25, -0.2) is 0 Å². The summed E-state index contributed by atoms with van der Waals surface area (Å²) in [4.78, 5) is 12.2. The van der Waals surface area contributed by atoms with Gasteiger partial charge in [0.25, 0.3) is 0 Å². The Hall–Kier alpha value is -0.320.